The fourth-order valence-corrected chi connectivity index (χ4v) is 5.97. The zero-order valence-corrected chi connectivity index (χ0v) is 26.4. The molecule has 0 radical (unpaired) electrons. The molecule has 0 atom stereocenters. The predicted octanol–water partition coefficient (Wildman–Crippen LogP) is 10.8. The number of hydrogen-bond acceptors (Lipinski definition) is 6. The molecule has 47 heavy (non-hydrogen) atoms. The lowest BCUT2D eigenvalue weighted by atomic mass is 10.0. The monoisotopic (exact) mass is 615 g/mol. The first-order valence-electron chi connectivity index (χ1n) is 15.5. The number of anilines is 1. The van der Waals surface area contributed by atoms with Crippen LogP contribution in [0.25, 0.3) is 34.1 Å². The Morgan fingerprint density at radius 2 is 1.38 bits per heavy atom. The Kier molecular flexibility index (Phi) is 7.94. The van der Waals surface area contributed by atoms with E-state index in [0.717, 1.165) is 61.0 Å². The van der Waals surface area contributed by atoms with E-state index in [1.54, 1.807) is 0 Å². The SMILES string of the molecule is Cc1ccc(NOCc2cc3ccccc3c(N=Nc3ccc(C=Cc4ccc5c(c4)C(=O)c4cc(C)ccc4-5)cc3)c2O)c(C)c1. The molecule has 230 valence electrons. The van der Waals surface area contributed by atoms with Gasteiger partial charge in [-0.2, -0.15) is 5.11 Å². The number of carbonyl (C=O) groups is 1. The minimum atomic E-state index is 0.0282. The largest absolute Gasteiger partial charge is 0.505 e. The molecule has 6 heteroatoms. The maximum atomic E-state index is 13.0. The Bertz CT molecular complexity index is 2230. The van der Waals surface area contributed by atoms with Crippen LogP contribution in [0.15, 0.2) is 119 Å². The van der Waals surface area contributed by atoms with E-state index in [0.29, 0.717) is 16.9 Å². The van der Waals surface area contributed by atoms with Crippen molar-refractivity contribution in [1.82, 2.24) is 0 Å². The van der Waals surface area contributed by atoms with Crippen molar-refractivity contribution in [2.45, 2.75) is 27.4 Å². The summed E-state index contributed by atoms with van der Waals surface area (Å²) in [7, 11) is 0. The summed E-state index contributed by atoms with van der Waals surface area (Å²) in [5.41, 5.74) is 14.3. The van der Waals surface area contributed by atoms with Gasteiger partial charge < -0.3 is 5.11 Å². The highest BCUT2D eigenvalue weighted by Gasteiger charge is 2.26. The number of aromatic hydroxyl groups is 1. The third kappa shape index (κ3) is 6.07. The highest BCUT2D eigenvalue weighted by molar-refractivity contribution is 6.22. The maximum Gasteiger partial charge on any atom is 0.194 e. The highest BCUT2D eigenvalue weighted by Crippen LogP contribution is 2.40. The van der Waals surface area contributed by atoms with Crippen molar-refractivity contribution in [3.05, 3.63) is 154 Å². The fourth-order valence-electron chi connectivity index (χ4n) is 5.97. The molecule has 0 aliphatic heterocycles. The van der Waals surface area contributed by atoms with Gasteiger partial charge in [0.15, 0.2) is 5.78 Å². The zero-order chi connectivity index (χ0) is 32.5. The second-order valence-corrected chi connectivity index (χ2v) is 12.0. The Morgan fingerprint density at radius 1 is 0.702 bits per heavy atom. The highest BCUT2D eigenvalue weighted by atomic mass is 16.6. The summed E-state index contributed by atoms with van der Waals surface area (Å²) in [5, 5.41) is 21.9. The Balaban J connectivity index is 1.07. The van der Waals surface area contributed by atoms with E-state index in [-0.39, 0.29) is 18.1 Å². The molecular weight excluding hydrogens is 582 g/mol. The van der Waals surface area contributed by atoms with E-state index in [1.165, 1.54) is 5.56 Å². The topological polar surface area (TPSA) is 83.3 Å². The number of azo groups is 1. The Morgan fingerprint density at radius 3 is 2.19 bits per heavy atom. The van der Waals surface area contributed by atoms with Crippen molar-refractivity contribution in [3.63, 3.8) is 0 Å². The Hall–Kier alpha value is -5.85. The van der Waals surface area contributed by atoms with Crippen LogP contribution in [0, 0.1) is 20.8 Å². The van der Waals surface area contributed by atoms with Gasteiger partial charge in [-0.25, -0.2) is 0 Å². The first kappa shape index (κ1) is 29.8. The van der Waals surface area contributed by atoms with Gasteiger partial charge in [0.2, 0.25) is 0 Å². The minimum Gasteiger partial charge on any atom is -0.505 e. The van der Waals surface area contributed by atoms with Crippen LogP contribution in [0.2, 0.25) is 0 Å². The molecule has 7 rings (SSSR count). The number of nitrogens with zero attached hydrogens (tertiary/aromatic N) is 2. The van der Waals surface area contributed by atoms with Crippen LogP contribution in [0.3, 0.4) is 0 Å². The van der Waals surface area contributed by atoms with E-state index in [9.17, 15) is 9.90 Å². The van der Waals surface area contributed by atoms with E-state index in [1.807, 2.05) is 136 Å². The van der Waals surface area contributed by atoms with Crippen molar-refractivity contribution < 1.29 is 14.7 Å². The number of aryl methyl sites for hydroxylation is 3. The van der Waals surface area contributed by atoms with Crippen molar-refractivity contribution in [2.75, 3.05) is 5.48 Å². The molecule has 0 fully saturated rings. The first-order chi connectivity index (χ1) is 22.8. The second kappa shape index (κ2) is 12.5. The van der Waals surface area contributed by atoms with Crippen molar-refractivity contribution in [1.29, 1.82) is 0 Å². The van der Waals surface area contributed by atoms with Gasteiger partial charge in [-0.3, -0.25) is 15.1 Å². The van der Waals surface area contributed by atoms with Crippen molar-refractivity contribution in [2.24, 2.45) is 10.2 Å². The average Bonchev–Trinajstić information content (AvgIpc) is 3.35. The number of nitrogens with one attached hydrogen (secondary N) is 1. The van der Waals surface area contributed by atoms with Gasteiger partial charge in [0.25, 0.3) is 0 Å². The number of rotatable bonds is 8. The molecule has 0 aromatic heterocycles. The molecule has 0 amide bonds. The molecule has 1 aliphatic rings. The van der Waals surface area contributed by atoms with Crippen molar-refractivity contribution >= 4 is 45.8 Å². The van der Waals surface area contributed by atoms with Gasteiger partial charge in [-0.15, -0.1) is 5.11 Å². The second-order valence-electron chi connectivity index (χ2n) is 12.0. The van der Waals surface area contributed by atoms with Crippen LogP contribution < -0.4 is 5.48 Å². The van der Waals surface area contributed by atoms with Crippen LogP contribution in [0.1, 0.15) is 49.3 Å². The summed E-state index contributed by atoms with van der Waals surface area (Å²) >= 11 is 0. The molecular formula is C41H33N3O3. The molecule has 6 nitrogen and oxygen atoms in total. The van der Waals surface area contributed by atoms with Crippen LogP contribution in [-0.4, -0.2) is 10.9 Å². The van der Waals surface area contributed by atoms with E-state index >= 15 is 0 Å². The van der Waals surface area contributed by atoms with E-state index in [4.69, 9.17) is 4.84 Å². The minimum absolute atomic E-state index is 0.0282. The molecule has 0 spiro atoms. The number of phenols is 1. The average molecular weight is 616 g/mol. The first-order valence-corrected chi connectivity index (χ1v) is 15.5. The quantitative estimate of drug-likeness (QED) is 0.101. The number of fused-ring (bicyclic) bond motifs is 4. The fraction of sp³-hybridized carbons (Fsp3) is 0.0976. The molecule has 6 aromatic carbocycles. The summed E-state index contributed by atoms with van der Waals surface area (Å²) < 4.78 is 0. The van der Waals surface area contributed by atoms with Crippen LogP contribution in [0.5, 0.6) is 5.75 Å². The third-order valence-corrected chi connectivity index (χ3v) is 8.49. The zero-order valence-electron chi connectivity index (χ0n) is 26.4. The van der Waals surface area contributed by atoms with Gasteiger partial charge in [0.05, 0.1) is 11.4 Å². The maximum absolute atomic E-state index is 13.0. The molecule has 0 saturated heterocycles. The van der Waals surface area contributed by atoms with Crippen LogP contribution in [0.4, 0.5) is 17.1 Å². The molecule has 2 N–H and O–H groups in total. The van der Waals surface area contributed by atoms with Gasteiger partial charge in [0, 0.05) is 22.1 Å². The summed E-state index contributed by atoms with van der Waals surface area (Å²) in [5.74, 6) is 0.107. The number of carbonyl (C=O) groups excluding carboxylic acids is 1. The summed E-state index contributed by atoms with van der Waals surface area (Å²) in [6.45, 7) is 6.21. The smallest absolute Gasteiger partial charge is 0.194 e. The Labute approximate surface area is 273 Å². The van der Waals surface area contributed by atoms with E-state index < -0.39 is 0 Å². The normalized spacial score (nSPS) is 12.3. The molecule has 0 heterocycles. The lowest BCUT2D eigenvalue weighted by Gasteiger charge is -2.13. The number of phenolic OH excluding ortho intramolecular Hbond substituents is 1. The van der Waals surface area contributed by atoms with Gasteiger partial charge in [0.1, 0.15) is 18.0 Å². The molecule has 6 aromatic rings. The van der Waals surface area contributed by atoms with E-state index in [2.05, 4.69) is 21.8 Å². The molecule has 1 aliphatic carbocycles. The molecule has 0 unspecified atom stereocenters. The van der Waals surface area contributed by atoms with Gasteiger partial charge in [-0.1, -0.05) is 96.1 Å². The molecule has 0 bridgehead atoms. The summed E-state index contributed by atoms with van der Waals surface area (Å²) in [4.78, 5) is 18.8. The standard InChI is InChI=1S/C41H33N3O3/c1-25-9-19-38(27(3)20-25)44-47-24-31-23-30-6-4-5-7-33(30)39(40(31)45)43-42-32-15-12-28(13-16-32)10-11-29-14-18-35-34-17-8-26(2)21-36(34)41(46)37(35)22-29/h4-23,44-45H,24H2,1-3H3. The van der Waals surface area contributed by atoms with Gasteiger partial charge in [-0.05, 0) is 90.4 Å². The van der Waals surface area contributed by atoms with Crippen molar-refractivity contribution in [3.8, 4) is 16.9 Å². The van der Waals surface area contributed by atoms with Crippen LogP contribution in [-0.2, 0) is 11.4 Å². The summed E-state index contributed by atoms with van der Waals surface area (Å²) in [6, 6.07) is 35.5. The third-order valence-electron chi connectivity index (χ3n) is 8.49. The van der Waals surface area contributed by atoms with Crippen LogP contribution >= 0.6 is 0 Å². The lowest BCUT2D eigenvalue weighted by molar-refractivity contribution is 0.104. The summed E-state index contributed by atoms with van der Waals surface area (Å²) in [6.07, 6.45) is 4.01. The predicted molar refractivity (Wildman–Crippen MR) is 190 cm³/mol. The number of ketones is 1. The van der Waals surface area contributed by atoms with Gasteiger partial charge >= 0.3 is 0 Å². The number of benzene rings is 6. The molecule has 0 saturated carbocycles. The lowest BCUT2D eigenvalue weighted by Crippen LogP contribution is -2.03. The number of hydrogen-bond donors (Lipinski definition) is 2.